The Bertz CT molecular complexity index is 354. The number of hydrogen-bond donors (Lipinski definition) is 1. The van der Waals surface area contributed by atoms with E-state index in [2.05, 4.69) is 0 Å². The van der Waals surface area contributed by atoms with E-state index in [1.165, 1.54) is 0 Å². The molecule has 0 heterocycles. The van der Waals surface area contributed by atoms with Crippen LogP contribution in [0, 0.1) is 0 Å². The first kappa shape index (κ1) is 14.7. The number of amides is 1. The fourth-order valence-electron chi connectivity index (χ4n) is 1.75. The second kappa shape index (κ2) is 7.84. The minimum atomic E-state index is -0.478. The number of ether oxygens (including phenoxy) is 1. The number of benzene rings is 1. The Morgan fingerprint density at radius 1 is 1.39 bits per heavy atom. The molecule has 0 bridgehead atoms. The highest BCUT2D eigenvalue weighted by atomic mass is 16.5. The summed E-state index contributed by atoms with van der Waals surface area (Å²) in [4.78, 5) is 13.9. The summed E-state index contributed by atoms with van der Waals surface area (Å²) >= 11 is 0. The van der Waals surface area contributed by atoms with Crippen molar-refractivity contribution in [3.8, 4) is 0 Å². The summed E-state index contributed by atoms with van der Waals surface area (Å²) in [5.74, 6) is -0.0154. The maximum atomic E-state index is 12.1. The van der Waals surface area contributed by atoms with Crippen LogP contribution in [0.4, 0.5) is 0 Å². The van der Waals surface area contributed by atoms with Crippen LogP contribution in [-0.2, 0) is 16.1 Å². The molecule has 0 aliphatic carbocycles. The van der Waals surface area contributed by atoms with Crippen LogP contribution in [0.5, 0.6) is 0 Å². The van der Waals surface area contributed by atoms with E-state index in [9.17, 15) is 4.79 Å². The molecule has 1 unspecified atom stereocenters. The summed E-state index contributed by atoms with van der Waals surface area (Å²) in [5.41, 5.74) is 6.98. The number of likely N-dealkylation sites (N-methyl/N-ethyl adjacent to an activating group) is 1. The normalized spacial score (nSPS) is 12.2. The third-order valence-corrected chi connectivity index (χ3v) is 2.86. The highest BCUT2D eigenvalue weighted by Gasteiger charge is 2.19. The van der Waals surface area contributed by atoms with Crippen molar-refractivity contribution in [1.82, 2.24) is 4.90 Å². The maximum absolute atomic E-state index is 12.1. The molecule has 1 amide bonds. The molecule has 2 N–H and O–H groups in total. The molecule has 0 radical (unpaired) electrons. The smallest absolute Gasteiger partial charge is 0.239 e. The zero-order chi connectivity index (χ0) is 13.4. The fraction of sp³-hybridized carbons (Fsp3) is 0.500. The van der Waals surface area contributed by atoms with Crippen molar-refractivity contribution in [3.05, 3.63) is 35.9 Å². The summed E-state index contributed by atoms with van der Waals surface area (Å²) in [7, 11) is 1.61. The highest BCUT2D eigenvalue weighted by Crippen LogP contribution is 2.06. The van der Waals surface area contributed by atoms with Gasteiger partial charge in [0.15, 0.2) is 0 Å². The third-order valence-electron chi connectivity index (χ3n) is 2.86. The molecule has 1 rings (SSSR count). The van der Waals surface area contributed by atoms with E-state index in [0.29, 0.717) is 26.1 Å². The summed E-state index contributed by atoms with van der Waals surface area (Å²) < 4.78 is 4.94. The topological polar surface area (TPSA) is 55.6 Å². The first-order chi connectivity index (χ1) is 8.69. The predicted molar refractivity (Wildman–Crippen MR) is 72.0 cm³/mol. The lowest BCUT2D eigenvalue weighted by atomic mass is 10.1. The lowest BCUT2D eigenvalue weighted by Crippen LogP contribution is -2.43. The third kappa shape index (κ3) is 4.47. The SMILES string of the molecule is CCN(Cc1ccccc1)C(=O)C(N)CCOC. The van der Waals surface area contributed by atoms with E-state index in [-0.39, 0.29) is 5.91 Å². The van der Waals surface area contributed by atoms with Crippen molar-refractivity contribution in [3.63, 3.8) is 0 Å². The van der Waals surface area contributed by atoms with Crippen LogP contribution >= 0.6 is 0 Å². The quantitative estimate of drug-likeness (QED) is 0.796. The fourth-order valence-corrected chi connectivity index (χ4v) is 1.75. The molecule has 4 nitrogen and oxygen atoms in total. The highest BCUT2D eigenvalue weighted by molar-refractivity contribution is 5.81. The van der Waals surface area contributed by atoms with Gasteiger partial charge >= 0.3 is 0 Å². The minimum absolute atomic E-state index is 0.0154. The standard InChI is InChI=1S/C14H22N2O2/c1-3-16(11-12-7-5-4-6-8-12)14(17)13(15)9-10-18-2/h4-8,13H,3,9-11,15H2,1-2H3. The Kier molecular flexibility index (Phi) is 6.39. The van der Waals surface area contributed by atoms with Crippen molar-refractivity contribution in [2.75, 3.05) is 20.3 Å². The molecule has 18 heavy (non-hydrogen) atoms. The van der Waals surface area contributed by atoms with Crippen LogP contribution < -0.4 is 5.73 Å². The van der Waals surface area contributed by atoms with Gasteiger partial charge < -0.3 is 15.4 Å². The van der Waals surface area contributed by atoms with Gasteiger partial charge in [0.2, 0.25) is 5.91 Å². The number of rotatable bonds is 7. The van der Waals surface area contributed by atoms with Crippen LogP contribution in [-0.4, -0.2) is 37.1 Å². The van der Waals surface area contributed by atoms with Gasteiger partial charge in [-0.05, 0) is 18.9 Å². The molecule has 0 fully saturated rings. The van der Waals surface area contributed by atoms with Crippen LogP contribution in [0.3, 0.4) is 0 Å². The number of carbonyl (C=O) groups excluding carboxylic acids is 1. The van der Waals surface area contributed by atoms with Gasteiger partial charge in [-0.1, -0.05) is 30.3 Å². The van der Waals surface area contributed by atoms with Crippen molar-refractivity contribution in [2.45, 2.75) is 25.9 Å². The van der Waals surface area contributed by atoms with E-state index < -0.39 is 6.04 Å². The lowest BCUT2D eigenvalue weighted by Gasteiger charge is -2.24. The minimum Gasteiger partial charge on any atom is -0.385 e. The van der Waals surface area contributed by atoms with Gasteiger partial charge in [0.05, 0.1) is 6.04 Å². The number of methoxy groups -OCH3 is 1. The molecule has 0 saturated carbocycles. The zero-order valence-electron chi connectivity index (χ0n) is 11.1. The van der Waals surface area contributed by atoms with Crippen molar-refractivity contribution >= 4 is 5.91 Å². The van der Waals surface area contributed by atoms with Gasteiger partial charge in [-0.15, -0.1) is 0 Å². The molecule has 100 valence electrons. The molecular weight excluding hydrogens is 228 g/mol. The van der Waals surface area contributed by atoms with Gasteiger partial charge in [-0.25, -0.2) is 0 Å². The second-order valence-electron chi connectivity index (χ2n) is 4.23. The Morgan fingerprint density at radius 2 is 2.06 bits per heavy atom. The molecule has 0 saturated heterocycles. The molecule has 0 aliphatic heterocycles. The summed E-state index contributed by atoms with van der Waals surface area (Å²) in [6, 6.07) is 9.45. The summed E-state index contributed by atoms with van der Waals surface area (Å²) in [5, 5.41) is 0. The number of carbonyl (C=O) groups is 1. The molecule has 4 heteroatoms. The molecule has 0 aromatic heterocycles. The molecule has 0 aliphatic rings. The largest absolute Gasteiger partial charge is 0.385 e. The van der Waals surface area contributed by atoms with Crippen molar-refractivity contribution in [1.29, 1.82) is 0 Å². The van der Waals surface area contributed by atoms with Crippen molar-refractivity contribution in [2.24, 2.45) is 5.73 Å². The Labute approximate surface area is 109 Å². The first-order valence-electron chi connectivity index (χ1n) is 6.26. The van der Waals surface area contributed by atoms with E-state index in [1.54, 1.807) is 12.0 Å². The summed E-state index contributed by atoms with van der Waals surface area (Å²) in [6.45, 7) is 3.74. The molecular formula is C14H22N2O2. The Morgan fingerprint density at radius 3 is 2.61 bits per heavy atom. The molecule has 0 spiro atoms. The van der Waals surface area contributed by atoms with Gasteiger partial charge in [0.25, 0.3) is 0 Å². The predicted octanol–water partition coefficient (Wildman–Crippen LogP) is 1.40. The van der Waals surface area contributed by atoms with Crippen LogP contribution in [0.15, 0.2) is 30.3 Å². The molecule has 1 atom stereocenters. The van der Waals surface area contributed by atoms with Crippen LogP contribution in [0.2, 0.25) is 0 Å². The number of nitrogens with zero attached hydrogens (tertiary/aromatic N) is 1. The molecule has 1 aromatic carbocycles. The van der Waals surface area contributed by atoms with E-state index in [0.717, 1.165) is 5.56 Å². The van der Waals surface area contributed by atoms with Crippen molar-refractivity contribution < 1.29 is 9.53 Å². The lowest BCUT2D eigenvalue weighted by molar-refractivity contribution is -0.133. The van der Waals surface area contributed by atoms with E-state index in [1.807, 2.05) is 37.3 Å². The van der Waals surface area contributed by atoms with E-state index >= 15 is 0 Å². The monoisotopic (exact) mass is 250 g/mol. The van der Waals surface area contributed by atoms with Gasteiger partial charge in [-0.2, -0.15) is 0 Å². The number of nitrogens with two attached hydrogens (primary N) is 1. The first-order valence-corrected chi connectivity index (χ1v) is 6.26. The van der Waals surface area contributed by atoms with Crippen LogP contribution in [0.1, 0.15) is 18.9 Å². The maximum Gasteiger partial charge on any atom is 0.239 e. The molecule has 1 aromatic rings. The van der Waals surface area contributed by atoms with E-state index in [4.69, 9.17) is 10.5 Å². The van der Waals surface area contributed by atoms with Gasteiger partial charge in [0, 0.05) is 26.8 Å². The summed E-state index contributed by atoms with van der Waals surface area (Å²) in [6.07, 6.45) is 0.556. The Hall–Kier alpha value is -1.39. The van der Waals surface area contributed by atoms with Crippen LogP contribution in [0.25, 0.3) is 0 Å². The van der Waals surface area contributed by atoms with Gasteiger partial charge in [0.1, 0.15) is 0 Å². The average molecular weight is 250 g/mol. The van der Waals surface area contributed by atoms with Gasteiger partial charge in [-0.3, -0.25) is 4.79 Å². The average Bonchev–Trinajstić information content (AvgIpc) is 2.42. The zero-order valence-corrected chi connectivity index (χ0v) is 11.1. The second-order valence-corrected chi connectivity index (χ2v) is 4.23. The Balaban J connectivity index is 2.57. The number of hydrogen-bond acceptors (Lipinski definition) is 3.